The third kappa shape index (κ3) is 3.78. The maximum atomic E-state index is 13.1. The number of amides is 1. The lowest BCUT2D eigenvalue weighted by Gasteiger charge is -2.29. The van der Waals surface area contributed by atoms with Crippen LogP contribution in [-0.2, 0) is 6.54 Å². The van der Waals surface area contributed by atoms with E-state index in [1.165, 1.54) is 11.8 Å². The highest BCUT2D eigenvalue weighted by Gasteiger charge is 2.29. The first-order chi connectivity index (χ1) is 13.1. The summed E-state index contributed by atoms with van der Waals surface area (Å²) in [6.07, 6.45) is 8.92. The van der Waals surface area contributed by atoms with Crippen LogP contribution in [0.2, 0.25) is 5.15 Å². The Morgan fingerprint density at radius 2 is 2.04 bits per heavy atom. The van der Waals surface area contributed by atoms with E-state index in [9.17, 15) is 4.79 Å². The molecule has 2 heterocycles. The summed E-state index contributed by atoms with van der Waals surface area (Å²) in [6.45, 7) is 2.48. The quantitative estimate of drug-likeness (QED) is 0.622. The molecule has 1 saturated carbocycles. The maximum Gasteiger partial charge on any atom is 0.274 e. The monoisotopic (exact) mass is 380 g/mol. The van der Waals surface area contributed by atoms with E-state index in [-0.39, 0.29) is 11.9 Å². The molecule has 4 rings (SSSR count). The number of carbonyl (C=O) groups is 1. The third-order valence-corrected chi connectivity index (χ3v) is 5.47. The summed E-state index contributed by atoms with van der Waals surface area (Å²) in [6, 6.07) is 8.33. The summed E-state index contributed by atoms with van der Waals surface area (Å²) in [5, 5.41) is 1.48. The zero-order chi connectivity index (χ0) is 18.8. The lowest BCUT2D eigenvalue weighted by Crippen LogP contribution is -2.38. The fourth-order valence-electron chi connectivity index (χ4n) is 3.75. The third-order valence-electron chi connectivity index (χ3n) is 5.15. The molecule has 1 fully saturated rings. The molecule has 0 saturated heterocycles. The maximum absolute atomic E-state index is 13.1. The molecule has 0 unspecified atom stereocenters. The number of halogens is 1. The number of benzene rings is 1. The Kier molecular flexibility index (Phi) is 5.03. The molecule has 1 aromatic carbocycles. The minimum atomic E-state index is -0.101. The van der Waals surface area contributed by atoms with Gasteiger partial charge in [0.2, 0.25) is 0 Å². The summed E-state index contributed by atoms with van der Waals surface area (Å²) in [5.74, 6) is -0.101. The molecule has 0 radical (unpaired) electrons. The second-order valence-corrected chi connectivity index (χ2v) is 7.45. The molecule has 1 amide bonds. The molecule has 6 heteroatoms. The van der Waals surface area contributed by atoms with Crippen molar-refractivity contribution in [2.24, 2.45) is 0 Å². The molecule has 0 bridgehead atoms. The molecular formula is C21H21ClN4O. The summed E-state index contributed by atoms with van der Waals surface area (Å²) >= 11 is 6.47. The normalized spacial score (nSPS) is 14.6. The van der Waals surface area contributed by atoms with Gasteiger partial charge in [0.15, 0.2) is 0 Å². The molecule has 5 nitrogen and oxygen atoms in total. The Hall–Kier alpha value is -2.53. The van der Waals surface area contributed by atoms with Gasteiger partial charge in [0.1, 0.15) is 10.8 Å². The topological polar surface area (TPSA) is 59.0 Å². The highest BCUT2D eigenvalue weighted by molar-refractivity contribution is 6.30. The highest BCUT2D eigenvalue weighted by atomic mass is 35.5. The molecule has 0 N–H and O–H groups in total. The number of rotatable bonds is 4. The van der Waals surface area contributed by atoms with Crippen LogP contribution in [0, 0.1) is 6.92 Å². The van der Waals surface area contributed by atoms with Gasteiger partial charge in [-0.05, 0) is 38.0 Å². The second-order valence-electron chi connectivity index (χ2n) is 7.10. The molecule has 1 aliphatic rings. The van der Waals surface area contributed by atoms with Crippen LogP contribution < -0.4 is 0 Å². The Morgan fingerprint density at radius 3 is 2.78 bits per heavy atom. The largest absolute Gasteiger partial charge is 0.330 e. The van der Waals surface area contributed by atoms with Crippen molar-refractivity contribution < 1.29 is 4.79 Å². The van der Waals surface area contributed by atoms with Crippen LogP contribution in [-0.4, -0.2) is 31.8 Å². The van der Waals surface area contributed by atoms with Gasteiger partial charge in [0, 0.05) is 35.9 Å². The zero-order valence-electron chi connectivity index (χ0n) is 15.2. The summed E-state index contributed by atoms with van der Waals surface area (Å²) < 4.78 is 0. The van der Waals surface area contributed by atoms with E-state index in [0.717, 1.165) is 42.1 Å². The number of pyridine rings is 1. The van der Waals surface area contributed by atoms with E-state index in [2.05, 4.69) is 27.9 Å². The standard InChI is InChI=1S/C21H21ClN4O/c1-14-6-7-18-15(10-14)11-16(20(22)25-18)13-26(17-4-2-3-5-17)21(27)19-12-23-8-9-24-19/h6-12,17H,2-5,13H2,1H3. The van der Waals surface area contributed by atoms with Crippen molar-refractivity contribution in [2.45, 2.75) is 45.2 Å². The predicted molar refractivity (Wildman–Crippen MR) is 106 cm³/mol. The van der Waals surface area contributed by atoms with Gasteiger partial charge in [-0.15, -0.1) is 0 Å². The van der Waals surface area contributed by atoms with E-state index in [1.807, 2.05) is 23.1 Å². The minimum Gasteiger partial charge on any atom is -0.330 e. The molecule has 1 aliphatic carbocycles. The van der Waals surface area contributed by atoms with Crippen molar-refractivity contribution in [1.29, 1.82) is 0 Å². The van der Waals surface area contributed by atoms with Gasteiger partial charge in [-0.3, -0.25) is 9.78 Å². The number of hydrogen-bond acceptors (Lipinski definition) is 4. The van der Waals surface area contributed by atoms with Gasteiger partial charge in [0.25, 0.3) is 5.91 Å². The average molecular weight is 381 g/mol. The van der Waals surface area contributed by atoms with Crippen LogP contribution in [0.15, 0.2) is 42.9 Å². The van der Waals surface area contributed by atoms with Gasteiger partial charge in [-0.2, -0.15) is 0 Å². The fourth-order valence-corrected chi connectivity index (χ4v) is 3.96. The molecular weight excluding hydrogens is 360 g/mol. The molecule has 0 aliphatic heterocycles. The highest BCUT2D eigenvalue weighted by Crippen LogP contribution is 2.29. The van der Waals surface area contributed by atoms with Gasteiger partial charge in [0.05, 0.1) is 11.7 Å². The van der Waals surface area contributed by atoms with E-state index < -0.39 is 0 Å². The van der Waals surface area contributed by atoms with Gasteiger partial charge >= 0.3 is 0 Å². The first-order valence-corrected chi connectivity index (χ1v) is 9.62. The van der Waals surface area contributed by atoms with Crippen LogP contribution in [0.25, 0.3) is 10.9 Å². The van der Waals surface area contributed by atoms with E-state index in [0.29, 0.717) is 17.4 Å². The number of nitrogens with zero attached hydrogens (tertiary/aromatic N) is 4. The van der Waals surface area contributed by atoms with E-state index in [1.54, 1.807) is 12.4 Å². The van der Waals surface area contributed by atoms with E-state index >= 15 is 0 Å². The molecule has 0 atom stereocenters. The molecule has 2 aromatic heterocycles. The molecule has 27 heavy (non-hydrogen) atoms. The van der Waals surface area contributed by atoms with Crippen LogP contribution in [0.5, 0.6) is 0 Å². The Morgan fingerprint density at radius 1 is 1.22 bits per heavy atom. The second kappa shape index (κ2) is 7.61. The first-order valence-electron chi connectivity index (χ1n) is 9.24. The molecule has 0 spiro atoms. The zero-order valence-corrected chi connectivity index (χ0v) is 16.0. The molecule has 138 valence electrons. The van der Waals surface area contributed by atoms with Gasteiger partial charge < -0.3 is 4.90 Å². The molecule has 3 aromatic rings. The van der Waals surface area contributed by atoms with Crippen LogP contribution >= 0.6 is 11.6 Å². The smallest absolute Gasteiger partial charge is 0.274 e. The number of carbonyl (C=O) groups excluding carboxylic acids is 1. The average Bonchev–Trinajstić information content (AvgIpc) is 3.21. The summed E-state index contributed by atoms with van der Waals surface area (Å²) in [5.41, 5.74) is 3.26. The SMILES string of the molecule is Cc1ccc2nc(Cl)c(CN(C(=O)c3cnccn3)C3CCCC3)cc2c1. The lowest BCUT2D eigenvalue weighted by atomic mass is 10.1. The summed E-state index contributed by atoms with van der Waals surface area (Å²) in [4.78, 5) is 27.8. The van der Waals surface area contributed by atoms with Crippen molar-refractivity contribution in [3.05, 3.63) is 64.8 Å². The van der Waals surface area contributed by atoms with Crippen LogP contribution in [0.4, 0.5) is 0 Å². The van der Waals surface area contributed by atoms with Crippen LogP contribution in [0.1, 0.15) is 47.3 Å². The first kappa shape index (κ1) is 17.9. The number of aromatic nitrogens is 3. The fraction of sp³-hybridized carbons (Fsp3) is 0.333. The van der Waals surface area contributed by atoms with Crippen molar-refractivity contribution >= 4 is 28.4 Å². The lowest BCUT2D eigenvalue weighted by molar-refractivity contribution is 0.0658. The van der Waals surface area contributed by atoms with Crippen molar-refractivity contribution in [2.75, 3.05) is 0 Å². The number of aryl methyl sites for hydroxylation is 1. The van der Waals surface area contributed by atoms with Gasteiger partial charge in [-0.1, -0.05) is 36.1 Å². The van der Waals surface area contributed by atoms with Crippen LogP contribution in [0.3, 0.4) is 0 Å². The Labute approximate surface area is 163 Å². The van der Waals surface area contributed by atoms with Gasteiger partial charge in [-0.25, -0.2) is 9.97 Å². The minimum absolute atomic E-state index is 0.101. The van der Waals surface area contributed by atoms with Crippen molar-refractivity contribution in [1.82, 2.24) is 19.9 Å². The summed E-state index contributed by atoms with van der Waals surface area (Å²) in [7, 11) is 0. The number of fused-ring (bicyclic) bond motifs is 1. The van der Waals surface area contributed by atoms with Crippen molar-refractivity contribution in [3.63, 3.8) is 0 Å². The Balaban J connectivity index is 1.70. The van der Waals surface area contributed by atoms with E-state index in [4.69, 9.17) is 11.6 Å². The Bertz CT molecular complexity index is 971. The predicted octanol–water partition coefficient (Wildman–Crippen LogP) is 4.57. The number of hydrogen-bond donors (Lipinski definition) is 0. The van der Waals surface area contributed by atoms with Crippen molar-refractivity contribution in [3.8, 4) is 0 Å².